The Bertz CT molecular complexity index is 648. The van der Waals surface area contributed by atoms with Gasteiger partial charge in [0, 0.05) is 11.6 Å². The van der Waals surface area contributed by atoms with Gasteiger partial charge in [-0.1, -0.05) is 5.16 Å². The Morgan fingerprint density at radius 1 is 1.45 bits per heavy atom. The van der Waals surface area contributed by atoms with E-state index in [0.717, 1.165) is 12.8 Å². The van der Waals surface area contributed by atoms with Crippen LogP contribution in [0.1, 0.15) is 23.4 Å². The largest absolute Gasteiger partial charge is 0.490 e. The number of carboxylic acid groups (broad SMARTS) is 1. The number of benzene rings is 1. The Hall–Kier alpha value is -2.37. The molecule has 0 bridgehead atoms. The van der Waals surface area contributed by atoms with Crippen LogP contribution in [0.4, 0.5) is 4.39 Å². The summed E-state index contributed by atoms with van der Waals surface area (Å²) in [7, 11) is 0. The molecule has 0 unspecified atom stereocenters. The molecule has 1 aliphatic rings. The van der Waals surface area contributed by atoms with Crippen LogP contribution in [0.3, 0.4) is 0 Å². The van der Waals surface area contributed by atoms with Gasteiger partial charge in [0.1, 0.15) is 5.69 Å². The van der Waals surface area contributed by atoms with Gasteiger partial charge in [-0.25, -0.2) is 9.18 Å². The second-order valence-corrected chi connectivity index (χ2v) is 4.78. The molecule has 5 nitrogen and oxygen atoms in total. The lowest BCUT2D eigenvalue weighted by atomic mass is 10.1. The normalized spacial score (nSPS) is 14.2. The first kappa shape index (κ1) is 12.7. The summed E-state index contributed by atoms with van der Waals surface area (Å²) in [4.78, 5) is 10.7. The van der Waals surface area contributed by atoms with E-state index in [1.807, 2.05) is 0 Å². The van der Waals surface area contributed by atoms with E-state index in [0.29, 0.717) is 18.1 Å². The molecule has 1 saturated carbocycles. The minimum Gasteiger partial charge on any atom is -0.490 e. The van der Waals surface area contributed by atoms with Gasteiger partial charge in [-0.15, -0.1) is 0 Å². The summed E-state index contributed by atoms with van der Waals surface area (Å²) < 4.78 is 23.9. The molecule has 20 heavy (non-hydrogen) atoms. The first-order chi connectivity index (χ1) is 9.63. The molecule has 1 aromatic carbocycles. The fourth-order valence-corrected chi connectivity index (χ4v) is 1.78. The van der Waals surface area contributed by atoms with E-state index in [1.54, 1.807) is 6.07 Å². The minimum absolute atomic E-state index is 0.197. The first-order valence-corrected chi connectivity index (χ1v) is 6.26. The van der Waals surface area contributed by atoms with Crippen LogP contribution in [-0.4, -0.2) is 22.8 Å². The molecule has 6 heteroatoms. The molecule has 0 spiro atoms. The van der Waals surface area contributed by atoms with E-state index in [2.05, 4.69) is 9.68 Å². The molecular formula is C14H12FNO4. The van der Waals surface area contributed by atoms with Gasteiger partial charge in [-0.3, -0.25) is 0 Å². The molecule has 2 aromatic rings. The van der Waals surface area contributed by atoms with Crippen molar-refractivity contribution in [2.24, 2.45) is 5.92 Å². The van der Waals surface area contributed by atoms with Crippen molar-refractivity contribution in [1.29, 1.82) is 0 Å². The van der Waals surface area contributed by atoms with E-state index in [-0.39, 0.29) is 17.2 Å². The fourth-order valence-electron chi connectivity index (χ4n) is 1.78. The maximum atomic E-state index is 13.9. The summed E-state index contributed by atoms with van der Waals surface area (Å²) in [6, 6.07) is 5.64. The third-order valence-electron chi connectivity index (χ3n) is 3.12. The molecule has 1 heterocycles. The highest BCUT2D eigenvalue weighted by Crippen LogP contribution is 2.31. The van der Waals surface area contributed by atoms with Gasteiger partial charge in [0.05, 0.1) is 6.61 Å². The average Bonchev–Trinajstić information content (AvgIpc) is 3.11. The number of aromatic nitrogens is 1. The highest BCUT2D eigenvalue weighted by atomic mass is 19.1. The predicted molar refractivity (Wildman–Crippen MR) is 67.1 cm³/mol. The van der Waals surface area contributed by atoms with Crippen molar-refractivity contribution < 1.29 is 23.6 Å². The zero-order valence-corrected chi connectivity index (χ0v) is 10.5. The number of hydrogen-bond donors (Lipinski definition) is 1. The molecule has 0 saturated heterocycles. The Morgan fingerprint density at radius 3 is 2.85 bits per heavy atom. The molecule has 0 atom stereocenters. The van der Waals surface area contributed by atoms with Gasteiger partial charge in [0.15, 0.2) is 11.6 Å². The summed E-state index contributed by atoms with van der Waals surface area (Å²) in [5, 5.41) is 12.3. The summed E-state index contributed by atoms with van der Waals surface area (Å²) in [6.07, 6.45) is 2.27. The quantitative estimate of drug-likeness (QED) is 0.909. The molecule has 1 aliphatic carbocycles. The standard InChI is InChI=1S/C14H12FNO4/c15-10-5-9(11-6-13(14(17)18)20-16-11)3-4-12(10)19-7-8-1-2-8/h3-6,8H,1-2,7H2,(H,17,18). The van der Waals surface area contributed by atoms with Crippen molar-refractivity contribution >= 4 is 5.97 Å². The van der Waals surface area contributed by atoms with E-state index < -0.39 is 11.8 Å². The van der Waals surface area contributed by atoms with Crippen LogP contribution in [0.2, 0.25) is 0 Å². The van der Waals surface area contributed by atoms with Gasteiger partial charge in [-0.05, 0) is 37.0 Å². The smallest absolute Gasteiger partial charge is 0.374 e. The van der Waals surface area contributed by atoms with E-state index >= 15 is 0 Å². The van der Waals surface area contributed by atoms with Crippen LogP contribution >= 0.6 is 0 Å². The number of hydrogen-bond acceptors (Lipinski definition) is 4. The van der Waals surface area contributed by atoms with Crippen LogP contribution in [0, 0.1) is 11.7 Å². The fraction of sp³-hybridized carbons (Fsp3) is 0.286. The lowest BCUT2D eigenvalue weighted by Crippen LogP contribution is -2.00. The summed E-state index contributed by atoms with van der Waals surface area (Å²) in [5.41, 5.74) is 0.715. The Balaban J connectivity index is 1.79. The van der Waals surface area contributed by atoms with E-state index in [4.69, 9.17) is 9.84 Å². The van der Waals surface area contributed by atoms with Gasteiger partial charge in [0.25, 0.3) is 0 Å². The zero-order chi connectivity index (χ0) is 14.1. The summed E-state index contributed by atoms with van der Waals surface area (Å²) >= 11 is 0. The molecule has 1 fully saturated rings. The average molecular weight is 277 g/mol. The van der Waals surface area contributed by atoms with Crippen LogP contribution in [-0.2, 0) is 0 Å². The molecular weight excluding hydrogens is 265 g/mol. The van der Waals surface area contributed by atoms with Crippen molar-refractivity contribution in [1.82, 2.24) is 5.16 Å². The first-order valence-electron chi connectivity index (χ1n) is 6.26. The maximum Gasteiger partial charge on any atom is 0.374 e. The number of rotatable bonds is 5. The summed E-state index contributed by atoms with van der Waals surface area (Å²) in [6.45, 7) is 0.531. The highest BCUT2D eigenvalue weighted by Gasteiger charge is 2.22. The molecule has 1 N–H and O–H groups in total. The van der Waals surface area contributed by atoms with Gasteiger partial charge >= 0.3 is 5.97 Å². The molecule has 3 rings (SSSR count). The van der Waals surface area contributed by atoms with Crippen molar-refractivity contribution in [2.75, 3.05) is 6.61 Å². The molecule has 104 valence electrons. The number of aromatic carboxylic acids is 1. The molecule has 0 aliphatic heterocycles. The second kappa shape index (κ2) is 4.96. The minimum atomic E-state index is -1.21. The third kappa shape index (κ3) is 2.64. The number of carbonyl (C=O) groups is 1. The number of carboxylic acids is 1. The van der Waals surface area contributed by atoms with Gasteiger partial charge < -0.3 is 14.4 Å². The van der Waals surface area contributed by atoms with E-state index in [1.165, 1.54) is 18.2 Å². The topological polar surface area (TPSA) is 72.6 Å². The van der Waals surface area contributed by atoms with Gasteiger partial charge in [0.2, 0.25) is 5.76 Å². The number of nitrogens with zero attached hydrogens (tertiary/aromatic N) is 1. The van der Waals surface area contributed by atoms with Crippen molar-refractivity contribution in [3.8, 4) is 17.0 Å². The Kier molecular flexibility index (Phi) is 3.14. The van der Waals surface area contributed by atoms with Crippen molar-refractivity contribution in [3.63, 3.8) is 0 Å². The van der Waals surface area contributed by atoms with Crippen molar-refractivity contribution in [3.05, 3.63) is 35.8 Å². The SMILES string of the molecule is O=C(O)c1cc(-c2ccc(OCC3CC3)c(F)c2)no1. The monoisotopic (exact) mass is 277 g/mol. The van der Waals surface area contributed by atoms with Crippen LogP contribution in [0.25, 0.3) is 11.3 Å². The number of ether oxygens (including phenoxy) is 1. The second-order valence-electron chi connectivity index (χ2n) is 4.78. The van der Waals surface area contributed by atoms with E-state index in [9.17, 15) is 9.18 Å². The third-order valence-corrected chi connectivity index (χ3v) is 3.12. The van der Waals surface area contributed by atoms with Crippen LogP contribution in [0.15, 0.2) is 28.8 Å². The van der Waals surface area contributed by atoms with Crippen LogP contribution < -0.4 is 4.74 Å². The Morgan fingerprint density at radius 2 is 2.25 bits per heavy atom. The van der Waals surface area contributed by atoms with Gasteiger partial charge in [-0.2, -0.15) is 0 Å². The molecule has 1 aromatic heterocycles. The lowest BCUT2D eigenvalue weighted by molar-refractivity contribution is 0.0652. The maximum absolute atomic E-state index is 13.9. The molecule has 0 radical (unpaired) electrons. The highest BCUT2D eigenvalue weighted by molar-refractivity contribution is 5.85. The number of halogens is 1. The molecule has 0 amide bonds. The van der Waals surface area contributed by atoms with Crippen LogP contribution in [0.5, 0.6) is 5.75 Å². The van der Waals surface area contributed by atoms with Crippen molar-refractivity contribution in [2.45, 2.75) is 12.8 Å². The zero-order valence-electron chi connectivity index (χ0n) is 10.5. The Labute approximate surface area is 114 Å². The predicted octanol–water partition coefficient (Wildman–Crippen LogP) is 2.97. The summed E-state index contributed by atoms with van der Waals surface area (Å²) in [5.74, 6) is -1.25. The lowest BCUT2D eigenvalue weighted by Gasteiger charge is -2.07.